The molecule has 1 aliphatic rings. The number of nitrogens with zero attached hydrogens (tertiary/aromatic N) is 3. The summed E-state index contributed by atoms with van der Waals surface area (Å²) in [7, 11) is 0. The fraction of sp³-hybridized carbons (Fsp3) is 0.333. The maximum atomic E-state index is 12.8. The summed E-state index contributed by atoms with van der Waals surface area (Å²) in [4.78, 5) is 16.9. The molecule has 0 bridgehead atoms. The summed E-state index contributed by atoms with van der Waals surface area (Å²) in [5, 5.41) is 7.16. The number of rotatable bonds is 1. The topological polar surface area (TPSA) is 55.7 Å². The lowest BCUT2D eigenvalue weighted by molar-refractivity contribution is -0.141. The highest BCUT2D eigenvalue weighted by Crippen LogP contribution is 2.37. The van der Waals surface area contributed by atoms with Crippen molar-refractivity contribution in [1.82, 2.24) is 15.2 Å². The Morgan fingerprint density at radius 2 is 1.91 bits per heavy atom. The second kappa shape index (κ2) is 5.26. The second-order valence-corrected chi connectivity index (χ2v) is 5.98. The van der Waals surface area contributed by atoms with E-state index in [-0.39, 0.29) is 11.5 Å². The normalized spacial score (nSPS) is 21.2. The molecule has 23 heavy (non-hydrogen) atoms. The average molecular weight is 342 g/mol. The molecule has 0 fully saturated rings. The van der Waals surface area contributed by atoms with Crippen molar-refractivity contribution in [3.05, 3.63) is 52.1 Å². The zero-order chi connectivity index (χ0) is 16.8. The first-order valence-corrected chi connectivity index (χ1v) is 7.21. The number of Topliss-reactive ketones (excluding diaryl/α,β-unsaturated/α-hetero) is 1. The molecule has 1 atom stereocenters. The minimum atomic E-state index is -4.56. The first kappa shape index (κ1) is 15.9. The fourth-order valence-electron chi connectivity index (χ4n) is 2.67. The van der Waals surface area contributed by atoms with Gasteiger partial charge in [-0.3, -0.25) is 4.79 Å². The van der Waals surface area contributed by atoms with Gasteiger partial charge in [-0.1, -0.05) is 11.6 Å². The van der Waals surface area contributed by atoms with Gasteiger partial charge in [-0.15, -0.1) is 5.10 Å². The van der Waals surface area contributed by atoms with Crippen molar-refractivity contribution in [1.29, 1.82) is 0 Å². The molecule has 8 heteroatoms. The second-order valence-electron chi connectivity index (χ2n) is 5.59. The predicted octanol–water partition coefficient (Wildman–Crippen LogP) is 3.63. The molecular formula is C15H11ClF3N3O. The van der Waals surface area contributed by atoms with Crippen LogP contribution in [0.2, 0.25) is 5.15 Å². The lowest BCUT2D eigenvalue weighted by atomic mass is 9.71. The Hall–Kier alpha value is -2.02. The third kappa shape index (κ3) is 2.69. The molecule has 1 unspecified atom stereocenters. The number of hydrogen-bond donors (Lipinski definition) is 0. The molecule has 4 nitrogen and oxygen atoms in total. The van der Waals surface area contributed by atoms with Gasteiger partial charge in [-0.2, -0.15) is 18.3 Å². The van der Waals surface area contributed by atoms with Crippen LogP contribution in [0.5, 0.6) is 0 Å². The van der Waals surface area contributed by atoms with E-state index in [1.807, 2.05) is 0 Å². The van der Waals surface area contributed by atoms with Gasteiger partial charge in [-0.25, -0.2) is 4.98 Å². The van der Waals surface area contributed by atoms with Crippen LogP contribution >= 0.6 is 11.6 Å². The molecule has 0 spiro atoms. The summed E-state index contributed by atoms with van der Waals surface area (Å²) in [6.45, 7) is 1.66. The van der Waals surface area contributed by atoms with Crippen LogP contribution in [-0.2, 0) is 18.0 Å². The number of carbonyl (C=O) groups is 1. The summed E-state index contributed by atoms with van der Waals surface area (Å²) < 4.78 is 37.7. The Kier molecular flexibility index (Phi) is 3.63. The summed E-state index contributed by atoms with van der Waals surface area (Å²) >= 11 is 5.82. The molecule has 0 saturated carbocycles. The Balaban J connectivity index is 1.99. The van der Waals surface area contributed by atoms with Gasteiger partial charge in [-0.05, 0) is 44.0 Å². The molecule has 2 aromatic heterocycles. The number of hydrogen-bond acceptors (Lipinski definition) is 4. The molecule has 0 N–H and O–H groups in total. The number of alkyl halides is 3. The van der Waals surface area contributed by atoms with Crippen molar-refractivity contribution in [2.45, 2.75) is 31.4 Å². The average Bonchev–Trinajstić information content (AvgIpc) is 2.50. The van der Waals surface area contributed by atoms with Gasteiger partial charge in [0.1, 0.15) is 5.15 Å². The third-order valence-corrected chi connectivity index (χ3v) is 4.28. The van der Waals surface area contributed by atoms with Crippen molar-refractivity contribution in [3.8, 4) is 0 Å². The Labute approximate surface area is 134 Å². The van der Waals surface area contributed by atoms with E-state index in [1.165, 1.54) is 12.1 Å². The van der Waals surface area contributed by atoms with E-state index in [1.54, 1.807) is 13.0 Å². The monoisotopic (exact) mass is 341 g/mol. The Bertz CT molecular complexity index is 777. The number of pyridine rings is 1. The van der Waals surface area contributed by atoms with Gasteiger partial charge < -0.3 is 0 Å². The number of aromatic nitrogens is 3. The van der Waals surface area contributed by atoms with Crippen LogP contribution in [0.1, 0.15) is 40.8 Å². The Morgan fingerprint density at radius 1 is 1.17 bits per heavy atom. The predicted molar refractivity (Wildman–Crippen MR) is 76.3 cm³/mol. The zero-order valence-corrected chi connectivity index (χ0v) is 12.7. The molecule has 2 heterocycles. The first-order chi connectivity index (χ1) is 10.7. The number of fused-ring (bicyclic) bond motifs is 1. The van der Waals surface area contributed by atoms with Crippen LogP contribution in [0.15, 0.2) is 24.3 Å². The van der Waals surface area contributed by atoms with Crippen molar-refractivity contribution in [2.75, 3.05) is 0 Å². The van der Waals surface area contributed by atoms with Crippen molar-refractivity contribution >= 4 is 17.4 Å². The summed E-state index contributed by atoms with van der Waals surface area (Å²) in [5.74, 6) is -0.239. The van der Waals surface area contributed by atoms with Crippen molar-refractivity contribution in [3.63, 3.8) is 0 Å². The third-order valence-electron chi connectivity index (χ3n) is 4.07. The minimum Gasteiger partial charge on any atom is -0.293 e. The largest absolute Gasteiger partial charge is 0.435 e. The SMILES string of the molecule is CC1(c2ccc(C(F)(F)F)nn2)CCc2nc(Cl)ccc2C1=O. The van der Waals surface area contributed by atoms with Crippen LogP contribution in [-0.4, -0.2) is 21.0 Å². The van der Waals surface area contributed by atoms with E-state index in [2.05, 4.69) is 15.2 Å². The van der Waals surface area contributed by atoms with Crippen LogP contribution < -0.4 is 0 Å². The van der Waals surface area contributed by atoms with E-state index in [0.29, 0.717) is 29.3 Å². The lowest BCUT2D eigenvalue weighted by Gasteiger charge is -2.32. The molecule has 0 aromatic carbocycles. The highest BCUT2D eigenvalue weighted by atomic mass is 35.5. The van der Waals surface area contributed by atoms with Gasteiger partial charge in [0.15, 0.2) is 11.5 Å². The highest BCUT2D eigenvalue weighted by Gasteiger charge is 2.42. The van der Waals surface area contributed by atoms with E-state index >= 15 is 0 Å². The van der Waals surface area contributed by atoms with Gasteiger partial charge in [0.05, 0.1) is 16.8 Å². The summed E-state index contributed by atoms with van der Waals surface area (Å²) in [6, 6.07) is 5.16. The van der Waals surface area contributed by atoms with Crippen molar-refractivity contribution < 1.29 is 18.0 Å². The van der Waals surface area contributed by atoms with Gasteiger partial charge in [0.25, 0.3) is 0 Å². The number of ketones is 1. The smallest absolute Gasteiger partial charge is 0.293 e. The van der Waals surface area contributed by atoms with Crippen LogP contribution in [0.4, 0.5) is 13.2 Å². The van der Waals surface area contributed by atoms with Gasteiger partial charge in [0, 0.05) is 5.56 Å². The molecule has 1 aliphatic carbocycles. The molecule has 0 saturated heterocycles. The van der Waals surface area contributed by atoms with E-state index in [4.69, 9.17) is 11.6 Å². The van der Waals surface area contributed by atoms with Crippen LogP contribution in [0.3, 0.4) is 0 Å². The molecule has 0 amide bonds. The number of aryl methyl sites for hydroxylation is 1. The van der Waals surface area contributed by atoms with E-state index in [0.717, 1.165) is 6.07 Å². The van der Waals surface area contributed by atoms with Gasteiger partial charge >= 0.3 is 6.18 Å². The van der Waals surface area contributed by atoms with Crippen LogP contribution in [0.25, 0.3) is 0 Å². The Morgan fingerprint density at radius 3 is 2.52 bits per heavy atom. The molecule has 2 aromatic rings. The maximum absolute atomic E-state index is 12.8. The highest BCUT2D eigenvalue weighted by molar-refractivity contribution is 6.29. The van der Waals surface area contributed by atoms with Crippen molar-refractivity contribution in [2.24, 2.45) is 0 Å². The first-order valence-electron chi connectivity index (χ1n) is 6.83. The molecule has 120 valence electrons. The summed E-state index contributed by atoms with van der Waals surface area (Å²) in [5.41, 5.74) is -0.873. The van der Waals surface area contributed by atoms with Gasteiger partial charge in [0.2, 0.25) is 0 Å². The summed E-state index contributed by atoms with van der Waals surface area (Å²) in [6.07, 6.45) is -3.69. The van der Waals surface area contributed by atoms with Crippen LogP contribution in [0, 0.1) is 0 Å². The fourth-order valence-corrected chi connectivity index (χ4v) is 2.84. The van der Waals surface area contributed by atoms with E-state index in [9.17, 15) is 18.0 Å². The molecule has 3 rings (SSSR count). The lowest BCUT2D eigenvalue weighted by Crippen LogP contribution is -2.39. The zero-order valence-electron chi connectivity index (χ0n) is 12.0. The molecular weight excluding hydrogens is 331 g/mol. The number of carbonyl (C=O) groups excluding carboxylic acids is 1. The maximum Gasteiger partial charge on any atom is 0.435 e. The molecule has 0 aliphatic heterocycles. The standard InChI is InChI=1S/C15H11ClF3N3O/c1-14(10-3-4-11(22-21-10)15(17,18)19)7-6-9-8(13(14)23)2-5-12(16)20-9/h2-5H,6-7H2,1H3. The number of halogens is 4. The van der Waals surface area contributed by atoms with E-state index < -0.39 is 17.3 Å². The quantitative estimate of drug-likeness (QED) is 0.743. The molecule has 0 radical (unpaired) electrons. The minimum absolute atomic E-state index is 0.219.